The van der Waals surface area contributed by atoms with Crippen LogP contribution in [0.2, 0.25) is 0 Å². The van der Waals surface area contributed by atoms with Gasteiger partial charge in [-0.1, -0.05) is 89.9 Å². The van der Waals surface area contributed by atoms with Crippen molar-refractivity contribution in [1.82, 2.24) is 0 Å². The quantitative estimate of drug-likeness (QED) is 0.176. The molecule has 0 saturated carbocycles. The van der Waals surface area contributed by atoms with Gasteiger partial charge in [0.15, 0.2) is 6.10 Å². The van der Waals surface area contributed by atoms with Gasteiger partial charge in [0.1, 0.15) is 6.29 Å². The maximum atomic E-state index is 11.2. The Morgan fingerprint density at radius 1 is 0.750 bits per heavy atom. The maximum Gasteiger partial charge on any atom is 0.332 e. The highest BCUT2D eigenvalue weighted by Crippen LogP contribution is 2.17. The van der Waals surface area contributed by atoms with Gasteiger partial charge < -0.3 is 14.6 Å². The fourth-order valence-corrected chi connectivity index (χ4v) is 3.52. The minimum atomic E-state index is -0.840. The van der Waals surface area contributed by atoms with Crippen LogP contribution in [0.5, 0.6) is 0 Å². The summed E-state index contributed by atoms with van der Waals surface area (Å²) in [5, 5.41) is 9.24. The zero-order valence-electron chi connectivity index (χ0n) is 18.8. The second-order valence-corrected chi connectivity index (χ2v) is 9.10. The monoisotopic (exact) mass is 398 g/mol. The molecule has 0 aliphatic rings. The summed E-state index contributed by atoms with van der Waals surface area (Å²) in [7, 11) is 0. The number of ether oxygens (including phenoxy) is 1. The van der Waals surface area contributed by atoms with Gasteiger partial charge in [-0.2, -0.15) is 0 Å². The molecule has 166 valence electrons. The highest BCUT2D eigenvalue weighted by atomic mass is 16.5. The normalized spacial score (nSPS) is 12.8. The van der Waals surface area contributed by atoms with E-state index >= 15 is 0 Å². The third-order valence-electron chi connectivity index (χ3n) is 5.06. The third-order valence-corrected chi connectivity index (χ3v) is 5.06. The largest absolute Gasteiger partial charge is 0.479 e. The van der Waals surface area contributed by atoms with Crippen molar-refractivity contribution in [2.75, 3.05) is 0 Å². The first-order valence-electron chi connectivity index (χ1n) is 11.7. The Morgan fingerprint density at radius 2 is 1.11 bits per heavy atom. The number of hydrogen-bond donors (Lipinski definition) is 1. The number of rotatable bonds is 20. The van der Waals surface area contributed by atoms with E-state index in [1.807, 2.05) is 20.8 Å². The minimum absolute atomic E-state index is 0.403. The molecular formula is C24H46O4. The summed E-state index contributed by atoms with van der Waals surface area (Å²) >= 11 is 0. The van der Waals surface area contributed by atoms with Crippen molar-refractivity contribution in [3.8, 4) is 0 Å². The molecular weight excluding hydrogens is 352 g/mol. The highest BCUT2D eigenvalue weighted by molar-refractivity contribution is 5.72. The summed E-state index contributed by atoms with van der Waals surface area (Å²) in [4.78, 5) is 21.5. The number of unbranched alkanes of at least 4 members (excludes halogenated alkanes) is 15. The van der Waals surface area contributed by atoms with E-state index in [2.05, 4.69) is 0 Å². The lowest BCUT2D eigenvalue weighted by Crippen LogP contribution is -2.33. The maximum absolute atomic E-state index is 11.2. The van der Waals surface area contributed by atoms with Crippen LogP contribution in [0.3, 0.4) is 0 Å². The molecule has 0 saturated heterocycles. The second kappa shape index (κ2) is 18.1. The van der Waals surface area contributed by atoms with E-state index in [1.165, 1.54) is 77.0 Å². The Labute approximate surface area is 173 Å². The van der Waals surface area contributed by atoms with Crippen molar-refractivity contribution < 1.29 is 19.4 Å². The predicted molar refractivity (Wildman–Crippen MR) is 117 cm³/mol. The molecule has 4 nitrogen and oxygen atoms in total. The molecule has 0 amide bonds. The van der Waals surface area contributed by atoms with Crippen LogP contribution < -0.4 is 0 Å². The summed E-state index contributed by atoms with van der Waals surface area (Å²) in [6.07, 6.45) is 20.5. The van der Waals surface area contributed by atoms with E-state index in [0.29, 0.717) is 6.42 Å². The van der Waals surface area contributed by atoms with Gasteiger partial charge in [-0.05, 0) is 33.6 Å². The first-order chi connectivity index (χ1) is 13.4. The molecule has 1 unspecified atom stereocenters. The number of carbonyl (C=O) groups excluding carboxylic acids is 1. The smallest absolute Gasteiger partial charge is 0.332 e. The molecule has 4 heteroatoms. The van der Waals surface area contributed by atoms with Crippen LogP contribution in [0.15, 0.2) is 0 Å². The molecule has 0 heterocycles. The Kier molecular flexibility index (Phi) is 17.6. The van der Waals surface area contributed by atoms with Gasteiger partial charge in [0, 0.05) is 6.42 Å². The van der Waals surface area contributed by atoms with E-state index in [1.54, 1.807) is 0 Å². The molecule has 0 aromatic rings. The van der Waals surface area contributed by atoms with Gasteiger partial charge in [-0.15, -0.1) is 0 Å². The van der Waals surface area contributed by atoms with E-state index in [4.69, 9.17) is 4.74 Å². The highest BCUT2D eigenvalue weighted by Gasteiger charge is 2.24. The SMILES string of the molecule is CC(C)(C)OC(CCCCCCCCCCCCCCCCCC=O)C(=O)O. The van der Waals surface area contributed by atoms with Crippen molar-refractivity contribution in [1.29, 1.82) is 0 Å². The zero-order valence-corrected chi connectivity index (χ0v) is 18.8. The zero-order chi connectivity index (χ0) is 21.1. The number of hydrogen-bond acceptors (Lipinski definition) is 3. The third kappa shape index (κ3) is 19.9. The minimum Gasteiger partial charge on any atom is -0.479 e. The molecule has 0 aliphatic heterocycles. The average molecular weight is 399 g/mol. The van der Waals surface area contributed by atoms with E-state index in [0.717, 1.165) is 32.0 Å². The molecule has 0 aliphatic carbocycles. The summed E-state index contributed by atoms with van der Waals surface area (Å²) in [5.74, 6) is -0.840. The first kappa shape index (κ1) is 27.1. The molecule has 0 rings (SSSR count). The Hall–Kier alpha value is -0.900. The van der Waals surface area contributed by atoms with Crippen LogP contribution in [-0.2, 0) is 14.3 Å². The van der Waals surface area contributed by atoms with E-state index in [-0.39, 0.29) is 0 Å². The number of aldehydes is 1. The van der Waals surface area contributed by atoms with Crippen LogP contribution in [-0.4, -0.2) is 29.1 Å². The summed E-state index contributed by atoms with van der Waals surface area (Å²) in [6, 6.07) is 0. The van der Waals surface area contributed by atoms with Gasteiger partial charge in [-0.3, -0.25) is 0 Å². The van der Waals surface area contributed by atoms with Gasteiger partial charge in [0.2, 0.25) is 0 Å². The average Bonchev–Trinajstić information content (AvgIpc) is 2.62. The van der Waals surface area contributed by atoms with E-state index in [9.17, 15) is 14.7 Å². The number of aliphatic carboxylic acids is 1. The first-order valence-corrected chi connectivity index (χ1v) is 11.7. The Bertz CT molecular complexity index is 373. The number of carboxylic acid groups (broad SMARTS) is 1. The second-order valence-electron chi connectivity index (χ2n) is 9.10. The van der Waals surface area contributed by atoms with Gasteiger partial charge >= 0.3 is 5.97 Å². The number of carbonyl (C=O) groups is 2. The molecule has 0 radical (unpaired) electrons. The lowest BCUT2D eigenvalue weighted by atomic mass is 10.0. The molecule has 0 aromatic heterocycles. The van der Waals surface area contributed by atoms with Crippen LogP contribution in [0.25, 0.3) is 0 Å². The van der Waals surface area contributed by atoms with Crippen molar-refractivity contribution in [3.05, 3.63) is 0 Å². The van der Waals surface area contributed by atoms with Crippen LogP contribution >= 0.6 is 0 Å². The lowest BCUT2D eigenvalue weighted by molar-refractivity contribution is -0.160. The summed E-state index contributed by atoms with van der Waals surface area (Å²) < 4.78 is 5.62. The van der Waals surface area contributed by atoms with E-state index < -0.39 is 17.7 Å². The van der Waals surface area contributed by atoms with Crippen LogP contribution in [0.1, 0.15) is 130 Å². The molecule has 0 aromatic carbocycles. The fourth-order valence-electron chi connectivity index (χ4n) is 3.52. The van der Waals surface area contributed by atoms with Gasteiger partial charge in [-0.25, -0.2) is 4.79 Å². The molecule has 0 fully saturated rings. The molecule has 1 atom stereocenters. The van der Waals surface area contributed by atoms with Crippen LogP contribution in [0.4, 0.5) is 0 Å². The van der Waals surface area contributed by atoms with Gasteiger partial charge in [0.25, 0.3) is 0 Å². The van der Waals surface area contributed by atoms with Crippen molar-refractivity contribution >= 4 is 12.3 Å². The van der Waals surface area contributed by atoms with Crippen molar-refractivity contribution in [2.45, 2.75) is 142 Å². The molecule has 0 spiro atoms. The fraction of sp³-hybridized carbons (Fsp3) is 0.917. The van der Waals surface area contributed by atoms with Gasteiger partial charge in [0.05, 0.1) is 5.60 Å². The summed E-state index contributed by atoms with van der Waals surface area (Å²) in [6.45, 7) is 5.71. The van der Waals surface area contributed by atoms with Crippen molar-refractivity contribution in [3.63, 3.8) is 0 Å². The molecule has 0 bridgehead atoms. The summed E-state index contributed by atoms with van der Waals surface area (Å²) in [5.41, 5.74) is -0.403. The Morgan fingerprint density at radius 3 is 1.43 bits per heavy atom. The predicted octanol–water partition coefficient (Wildman–Crippen LogP) is 7.09. The topological polar surface area (TPSA) is 63.6 Å². The number of carboxylic acids is 1. The molecule has 1 N–H and O–H groups in total. The lowest BCUT2D eigenvalue weighted by Gasteiger charge is -2.24. The molecule has 28 heavy (non-hydrogen) atoms. The van der Waals surface area contributed by atoms with Crippen LogP contribution in [0, 0.1) is 0 Å². The van der Waals surface area contributed by atoms with Crippen molar-refractivity contribution in [2.24, 2.45) is 0 Å². The Balaban J connectivity index is 3.33. The standard InChI is InChI=1S/C24H46O4/c1-24(2,3)28-22(23(26)27)20-18-16-14-12-10-8-6-4-5-7-9-11-13-15-17-19-21-25/h21-22H,4-20H2,1-3H3,(H,26,27).